The topological polar surface area (TPSA) is 77.8 Å². The summed E-state index contributed by atoms with van der Waals surface area (Å²) in [7, 11) is 0. The number of benzene rings is 1. The summed E-state index contributed by atoms with van der Waals surface area (Å²) in [6.45, 7) is 0.628. The van der Waals surface area contributed by atoms with E-state index in [2.05, 4.69) is 15.6 Å². The summed E-state index contributed by atoms with van der Waals surface area (Å²) in [6, 6.07) is 13.4. The van der Waals surface area contributed by atoms with Crippen LogP contribution in [0.2, 0.25) is 0 Å². The van der Waals surface area contributed by atoms with E-state index in [0.717, 1.165) is 11.3 Å². The van der Waals surface area contributed by atoms with Crippen LogP contribution in [0.1, 0.15) is 23.5 Å². The van der Waals surface area contributed by atoms with Gasteiger partial charge in [0.05, 0.1) is 5.56 Å². The summed E-state index contributed by atoms with van der Waals surface area (Å²) >= 11 is 0. The Bertz CT molecular complexity index is 703. The molecular weight excluding hydrogens is 264 g/mol. The second-order valence-electron chi connectivity index (χ2n) is 4.96. The average molecular weight is 278 g/mol. The SMILES string of the molecule is N#Cc1ccc(NC[C@@H]2CC(=O)Nc3ccccc32)nc1. The molecule has 5 heteroatoms. The molecule has 1 amide bonds. The number of aromatic nitrogens is 1. The van der Waals surface area contributed by atoms with Gasteiger partial charge in [-0.2, -0.15) is 5.26 Å². The monoisotopic (exact) mass is 278 g/mol. The number of carbonyl (C=O) groups is 1. The van der Waals surface area contributed by atoms with Crippen LogP contribution >= 0.6 is 0 Å². The number of nitriles is 1. The summed E-state index contributed by atoms with van der Waals surface area (Å²) in [6.07, 6.45) is 1.99. The third kappa shape index (κ3) is 2.84. The summed E-state index contributed by atoms with van der Waals surface area (Å²) in [4.78, 5) is 15.9. The molecule has 0 unspecified atom stereocenters. The number of pyridine rings is 1. The van der Waals surface area contributed by atoms with Gasteiger partial charge in [0.15, 0.2) is 0 Å². The van der Waals surface area contributed by atoms with Gasteiger partial charge in [-0.05, 0) is 23.8 Å². The van der Waals surface area contributed by atoms with Crippen LogP contribution in [0.5, 0.6) is 0 Å². The first-order valence-corrected chi connectivity index (χ1v) is 6.75. The molecule has 5 nitrogen and oxygen atoms in total. The molecule has 1 atom stereocenters. The van der Waals surface area contributed by atoms with E-state index in [0.29, 0.717) is 24.3 Å². The van der Waals surface area contributed by atoms with Crippen LogP contribution in [-0.4, -0.2) is 17.4 Å². The molecule has 104 valence electrons. The zero-order valence-electron chi connectivity index (χ0n) is 11.3. The zero-order chi connectivity index (χ0) is 14.7. The van der Waals surface area contributed by atoms with E-state index in [4.69, 9.17) is 5.26 Å². The minimum Gasteiger partial charge on any atom is -0.369 e. The zero-order valence-corrected chi connectivity index (χ0v) is 11.3. The van der Waals surface area contributed by atoms with Crippen LogP contribution in [0.4, 0.5) is 11.5 Å². The molecule has 0 saturated heterocycles. The maximum atomic E-state index is 11.7. The van der Waals surface area contributed by atoms with E-state index in [1.165, 1.54) is 6.20 Å². The Hall–Kier alpha value is -2.87. The van der Waals surface area contributed by atoms with E-state index in [1.54, 1.807) is 12.1 Å². The molecule has 0 saturated carbocycles. The first kappa shape index (κ1) is 13.1. The van der Waals surface area contributed by atoms with Gasteiger partial charge >= 0.3 is 0 Å². The highest BCUT2D eigenvalue weighted by molar-refractivity contribution is 5.94. The Morgan fingerprint density at radius 1 is 1.33 bits per heavy atom. The quantitative estimate of drug-likeness (QED) is 0.904. The molecule has 2 heterocycles. The van der Waals surface area contributed by atoms with Gasteiger partial charge in [0, 0.05) is 30.8 Å². The van der Waals surface area contributed by atoms with Gasteiger partial charge in [0.25, 0.3) is 0 Å². The van der Waals surface area contributed by atoms with Crippen LogP contribution in [0.3, 0.4) is 0 Å². The fourth-order valence-corrected chi connectivity index (χ4v) is 2.48. The summed E-state index contributed by atoms with van der Waals surface area (Å²) in [5, 5.41) is 14.9. The summed E-state index contributed by atoms with van der Waals surface area (Å²) in [5.74, 6) is 0.859. The Balaban J connectivity index is 1.73. The lowest BCUT2D eigenvalue weighted by molar-refractivity contribution is -0.116. The Morgan fingerprint density at radius 2 is 2.19 bits per heavy atom. The molecule has 1 aliphatic heterocycles. The molecule has 0 fully saturated rings. The second kappa shape index (κ2) is 5.63. The molecule has 1 aromatic carbocycles. The van der Waals surface area contributed by atoms with Crippen LogP contribution in [0, 0.1) is 11.3 Å². The van der Waals surface area contributed by atoms with Crippen molar-refractivity contribution in [1.29, 1.82) is 5.26 Å². The fraction of sp³-hybridized carbons (Fsp3) is 0.188. The molecule has 2 aromatic rings. The number of hydrogen-bond acceptors (Lipinski definition) is 4. The fourth-order valence-electron chi connectivity index (χ4n) is 2.48. The molecule has 1 aliphatic rings. The minimum absolute atomic E-state index is 0.0355. The average Bonchev–Trinajstić information content (AvgIpc) is 2.53. The first-order valence-electron chi connectivity index (χ1n) is 6.75. The van der Waals surface area contributed by atoms with Gasteiger partial charge in [-0.25, -0.2) is 4.98 Å². The maximum Gasteiger partial charge on any atom is 0.225 e. The van der Waals surface area contributed by atoms with Gasteiger partial charge in [0.2, 0.25) is 5.91 Å². The van der Waals surface area contributed by atoms with Crippen molar-refractivity contribution in [1.82, 2.24) is 4.98 Å². The molecule has 0 radical (unpaired) electrons. The number of nitrogens with zero attached hydrogens (tertiary/aromatic N) is 2. The van der Waals surface area contributed by atoms with Crippen LogP contribution < -0.4 is 10.6 Å². The van der Waals surface area contributed by atoms with Crippen molar-refractivity contribution in [2.45, 2.75) is 12.3 Å². The first-order chi connectivity index (χ1) is 10.3. The van der Waals surface area contributed by atoms with Crippen molar-refractivity contribution in [3.63, 3.8) is 0 Å². The number of nitrogens with one attached hydrogen (secondary N) is 2. The molecule has 1 aromatic heterocycles. The Morgan fingerprint density at radius 3 is 2.95 bits per heavy atom. The van der Waals surface area contributed by atoms with Crippen molar-refractivity contribution >= 4 is 17.4 Å². The maximum absolute atomic E-state index is 11.7. The smallest absolute Gasteiger partial charge is 0.225 e. The molecule has 3 rings (SSSR count). The molecule has 0 bridgehead atoms. The largest absolute Gasteiger partial charge is 0.369 e. The molecule has 0 spiro atoms. The van der Waals surface area contributed by atoms with E-state index >= 15 is 0 Å². The van der Waals surface area contributed by atoms with E-state index in [1.807, 2.05) is 30.3 Å². The molecular formula is C16H14N4O. The lowest BCUT2D eigenvalue weighted by atomic mass is 9.90. The summed E-state index contributed by atoms with van der Waals surface area (Å²) < 4.78 is 0. The van der Waals surface area contributed by atoms with Gasteiger partial charge in [-0.1, -0.05) is 18.2 Å². The third-order valence-corrected chi connectivity index (χ3v) is 3.53. The van der Waals surface area contributed by atoms with Crippen molar-refractivity contribution in [3.05, 3.63) is 53.7 Å². The van der Waals surface area contributed by atoms with Crippen molar-refractivity contribution in [2.24, 2.45) is 0 Å². The predicted molar refractivity (Wildman–Crippen MR) is 79.9 cm³/mol. The highest BCUT2D eigenvalue weighted by atomic mass is 16.1. The number of fused-ring (bicyclic) bond motifs is 1. The highest BCUT2D eigenvalue weighted by Crippen LogP contribution is 2.31. The number of amides is 1. The molecule has 21 heavy (non-hydrogen) atoms. The lowest BCUT2D eigenvalue weighted by Crippen LogP contribution is -2.26. The third-order valence-electron chi connectivity index (χ3n) is 3.53. The minimum atomic E-state index is 0.0355. The molecule has 2 N–H and O–H groups in total. The number of hydrogen-bond donors (Lipinski definition) is 2. The van der Waals surface area contributed by atoms with Gasteiger partial charge in [-0.3, -0.25) is 4.79 Å². The van der Waals surface area contributed by atoms with Gasteiger partial charge in [-0.15, -0.1) is 0 Å². The second-order valence-corrected chi connectivity index (χ2v) is 4.96. The number of anilines is 2. The van der Waals surface area contributed by atoms with Crippen molar-refractivity contribution in [3.8, 4) is 6.07 Å². The Kier molecular flexibility index (Phi) is 3.52. The van der Waals surface area contributed by atoms with E-state index in [9.17, 15) is 4.79 Å². The normalized spacial score (nSPS) is 16.5. The predicted octanol–water partition coefficient (Wildman–Crippen LogP) is 2.49. The van der Waals surface area contributed by atoms with Gasteiger partial charge < -0.3 is 10.6 Å². The van der Waals surface area contributed by atoms with Crippen LogP contribution in [0.15, 0.2) is 42.6 Å². The van der Waals surface area contributed by atoms with Gasteiger partial charge in [0.1, 0.15) is 11.9 Å². The van der Waals surface area contributed by atoms with Crippen molar-refractivity contribution in [2.75, 3.05) is 17.2 Å². The van der Waals surface area contributed by atoms with E-state index in [-0.39, 0.29) is 11.8 Å². The number of carbonyl (C=O) groups excluding carboxylic acids is 1. The molecule has 0 aliphatic carbocycles. The number of para-hydroxylation sites is 1. The van der Waals surface area contributed by atoms with Crippen molar-refractivity contribution < 1.29 is 4.79 Å². The summed E-state index contributed by atoms with van der Waals surface area (Å²) in [5.41, 5.74) is 2.55. The lowest BCUT2D eigenvalue weighted by Gasteiger charge is -2.25. The Labute approximate surface area is 122 Å². The number of rotatable bonds is 3. The highest BCUT2D eigenvalue weighted by Gasteiger charge is 2.24. The van der Waals surface area contributed by atoms with Crippen LogP contribution in [-0.2, 0) is 4.79 Å². The van der Waals surface area contributed by atoms with E-state index < -0.39 is 0 Å². The van der Waals surface area contributed by atoms with Crippen LogP contribution in [0.25, 0.3) is 0 Å². The standard InChI is InChI=1S/C16H14N4O/c17-8-11-5-6-15(18-9-11)19-10-12-7-16(21)20-14-4-2-1-3-13(12)14/h1-6,9,12H,7,10H2,(H,18,19)(H,20,21)/t12-/m0/s1.